The van der Waals surface area contributed by atoms with Gasteiger partial charge in [0.05, 0.1) is 10.6 Å². The Morgan fingerprint density at radius 1 is 1.06 bits per heavy atom. The van der Waals surface area contributed by atoms with E-state index in [0.29, 0.717) is 34.2 Å². The van der Waals surface area contributed by atoms with E-state index < -0.39 is 0 Å². The molecule has 1 saturated heterocycles. The van der Waals surface area contributed by atoms with Gasteiger partial charge in [-0.1, -0.05) is 67.4 Å². The van der Waals surface area contributed by atoms with Crippen LogP contribution in [0.4, 0.5) is 5.69 Å². The predicted octanol–water partition coefficient (Wildman–Crippen LogP) is 7.49. The first-order chi connectivity index (χ1) is 16.4. The van der Waals surface area contributed by atoms with Crippen LogP contribution in [0.2, 0.25) is 5.02 Å². The molecular weight excluding hydrogens is 464 g/mol. The van der Waals surface area contributed by atoms with Crippen molar-refractivity contribution in [1.29, 1.82) is 0 Å². The molecule has 0 aromatic heterocycles. The molecule has 0 N–H and O–H groups in total. The Morgan fingerprint density at radius 3 is 2.47 bits per heavy atom. The third kappa shape index (κ3) is 6.31. The van der Waals surface area contributed by atoms with Crippen LogP contribution in [0.25, 0.3) is 6.08 Å². The lowest BCUT2D eigenvalue weighted by molar-refractivity contribution is -0.122. The Balaban J connectivity index is 1.49. The lowest BCUT2D eigenvalue weighted by Gasteiger charge is -2.17. The van der Waals surface area contributed by atoms with E-state index in [1.54, 1.807) is 17.0 Å². The topological polar surface area (TPSA) is 41.9 Å². The number of ether oxygens (including phenoxy) is 1. The van der Waals surface area contributed by atoms with Crippen LogP contribution in [-0.2, 0) is 11.4 Å². The summed E-state index contributed by atoms with van der Waals surface area (Å²) in [6, 6.07) is 23.4. The second-order valence-corrected chi connectivity index (χ2v) is 10.1. The number of amides is 1. The summed E-state index contributed by atoms with van der Waals surface area (Å²) in [7, 11) is 0. The molecule has 1 aliphatic heterocycles. The maximum absolute atomic E-state index is 13.2. The van der Waals surface area contributed by atoms with Gasteiger partial charge in [-0.2, -0.15) is 0 Å². The number of aliphatic imine (C=N–C) groups is 1. The zero-order chi connectivity index (χ0) is 24.1. The Bertz CT molecular complexity index is 1220. The molecule has 4 nitrogen and oxygen atoms in total. The van der Waals surface area contributed by atoms with Crippen LogP contribution in [0.15, 0.2) is 82.7 Å². The molecule has 0 atom stereocenters. The van der Waals surface area contributed by atoms with Crippen LogP contribution in [0.3, 0.4) is 0 Å². The average molecular weight is 491 g/mol. The van der Waals surface area contributed by atoms with Crippen molar-refractivity contribution < 1.29 is 9.53 Å². The van der Waals surface area contributed by atoms with Crippen LogP contribution in [0, 0.1) is 12.8 Å². The van der Waals surface area contributed by atoms with Crippen LogP contribution < -0.4 is 4.74 Å². The second kappa shape index (κ2) is 10.9. The Labute approximate surface area is 210 Å². The van der Waals surface area contributed by atoms with Crippen LogP contribution in [0.5, 0.6) is 5.75 Å². The molecule has 0 spiro atoms. The van der Waals surface area contributed by atoms with E-state index in [4.69, 9.17) is 21.3 Å². The van der Waals surface area contributed by atoms with Gasteiger partial charge in [0.15, 0.2) is 5.17 Å². The molecule has 0 saturated carbocycles. The summed E-state index contributed by atoms with van der Waals surface area (Å²) in [5, 5.41) is 1.34. The number of benzene rings is 3. The van der Waals surface area contributed by atoms with Crippen LogP contribution >= 0.6 is 23.4 Å². The molecule has 1 aliphatic rings. The number of rotatable bonds is 7. The highest BCUT2D eigenvalue weighted by Gasteiger charge is 2.33. The highest BCUT2D eigenvalue weighted by Crippen LogP contribution is 2.35. The third-order valence-electron chi connectivity index (χ3n) is 5.15. The van der Waals surface area contributed by atoms with Gasteiger partial charge in [-0.3, -0.25) is 9.69 Å². The number of aryl methyl sites for hydroxylation is 1. The summed E-state index contributed by atoms with van der Waals surface area (Å²) in [6.07, 6.45) is 1.91. The molecule has 1 heterocycles. The molecule has 0 unspecified atom stereocenters. The molecule has 174 valence electrons. The number of thioether (sulfide) groups is 1. The fraction of sp³-hybridized carbons (Fsp3) is 0.214. The molecule has 0 radical (unpaired) electrons. The fourth-order valence-electron chi connectivity index (χ4n) is 3.52. The van der Waals surface area contributed by atoms with Gasteiger partial charge >= 0.3 is 0 Å². The number of carbonyl (C=O) groups excluding carboxylic acids is 1. The number of halogens is 1. The Morgan fingerprint density at radius 2 is 1.79 bits per heavy atom. The van der Waals surface area contributed by atoms with E-state index in [1.165, 1.54) is 17.3 Å². The van der Waals surface area contributed by atoms with Gasteiger partial charge in [-0.15, -0.1) is 0 Å². The smallest absolute Gasteiger partial charge is 0.266 e. The largest absolute Gasteiger partial charge is 0.489 e. The van der Waals surface area contributed by atoms with Gasteiger partial charge < -0.3 is 4.74 Å². The van der Waals surface area contributed by atoms with E-state index in [-0.39, 0.29) is 5.91 Å². The van der Waals surface area contributed by atoms with E-state index in [2.05, 4.69) is 39.0 Å². The van der Waals surface area contributed by atoms with Crippen molar-refractivity contribution >= 4 is 46.2 Å². The maximum Gasteiger partial charge on any atom is 0.266 e. The standard InChI is InChI=1S/C28H27ClN2O2S/c1-19(2)17-31-27(32)26(34-28(31)30-24-11-9-23(29)10-12-24)16-21-7-13-25(14-8-21)33-18-22-6-4-5-20(3)15-22/h4-16,19H,17-18H2,1-3H3/b26-16-,30-28?. The first-order valence-electron chi connectivity index (χ1n) is 11.2. The van der Waals surface area contributed by atoms with Gasteiger partial charge in [-0.25, -0.2) is 4.99 Å². The van der Waals surface area contributed by atoms with Crippen molar-refractivity contribution in [2.45, 2.75) is 27.4 Å². The van der Waals surface area contributed by atoms with Crippen LogP contribution in [-0.4, -0.2) is 22.5 Å². The zero-order valence-electron chi connectivity index (χ0n) is 19.5. The first-order valence-corrected chi connectivity index (χ1v) is 12.4. The molecule has 6 heteroatoms. The summed E-state index contributed by atoms with van der Waals surface area (Å²) in [4.78, 5) is 20.3. The average Bonchev–Trinajstić information content (AvgIpc) is 3.08. The maximum atomic E-state index is 13.2. The first kappa shape index (κ1) is 24.1. The normalized spacial score (nSPS) is 16.1. The molecular formula is C28H27ClN2O2S. The van der Waals surface area contributed by atoms with Crippen molar-refractivity contribution in [3.05, 3.63) is 99.4 Å². The van der Waals surface area contributed by atoms with E-state index in [9.17, 15) is 4.79 Å². The Hall–Kier alpha value is -3.02. The van der Waals surface area contributed by atoms with E-state index >= 15 is 0 Å². The molecule has 1 amide bonds. The second-order valence-electron chi connectivity index (χ2n) is 8.64. The summed E-state index contributed by atoms with van der Waals surface area (Å²) in [6.45, 7) is 7.39. The summed E-state index contributed by atoms with van der Waals surface area (Å²) in [5.74, 6) is 1.09. The van der Waals surface area contributed by atoms with Crippen molar-refractivity contribution in [1.82, 2.24) is 4.90 Å². The third-order valence-corrected chi connectivity index (χ3v) is 6.41. The van der Waals surface area contributed by atoms with Gasteiger partial charge in [0.2, 0.25) is 0 Å². The lowest BCUT2D eigenvalue weighted by atomic mass is 10.1. The molecule has 34 heavy (non-hydrogen) atoms. The van der Waals surface area contributed by atoms with Gasteiger partial charge in [0.25, 0.3) is 5.91 Å². The highest BCUT2D eigenvalue weighted by atomic mass is 35.5. The summed E-state index contributed by atoms with van der Waals surface area (Å²) >= 11 is 7.39. The van der Waals surface area contributed by atoms with Crippen molar-refractivity contribution in [2.75, 3.05) is 6.54 Å². The number of amidine groups is 1. The molecule has 1 fully saturated rings. The number of carbonyl (C=O) groups is 1. The number of hydrogen-bond donors (Lipinski definition) is 0. The molecule has 3 aromatic carbocycles. The monoisotopic (exact) mass is 490 g/mol. The lowest BCUT2D eigenvalue weighted by Crippen LogP contribution is -2.32. The fourth-order valence-corrected chi connectivity index (χ4v) is 4.66. The predicted molar refractivity (Wildman–Crippen MR) is 143 cm³/mol. The summed E-state index contributed by atoms with van der Waals surface area (Å²) < 4.78 is 5.92. The molecule has 0 aliphatic carbocycles. The van der Waals surface area contributed by atoms with Crippen molar-refractivity contribution in [3.8, 4) is 5.75 Å². The Kier molecular flexibility index (Phi) is 7.76. The number of hydrogen-bond acceptors (Lipinski definition) is 4. The highest BCUT2D eigenvalue weighted by molar-refractivity contribution is 8.18. The minimum absolute atomic E-state index is 0.0220. The molecule has 4 rings (SSSR count). The summed E-state index contributed by atoms with van der Waals surface area (Å²) in [5.41, 5.74) is 4.06. The van der Waals surface area contributed by atoms with Gasteiger partial charge in [0, 0.05) is 11.6 Å². The van der Waals surface area contributed by atoms with Crippen molar-refractivity contribution in [3.63, 3.8) is 0 Å². The quantitative estimate of drug-likeness (QED) is 0.322. The molecule has 3 aromatic rings. The SMILES string of the molecule is Cc1cccc(COc2ccc(/C=C3\SC(=Nc4ccc(Cl)cc4)N(CC(C)C)C3=O)cc2)c1. The van der Waals surface area contributed by atoms with Crippen LogP contribution in [0.1, 0.15) is 30.5 Å². The van der Waals surface area contributed by atoms with Crippen molar-refractivity contribution in [2.24, 2.45) is 10.9 Å². The molecule has 0 bridgehead atoms. The minimum atomic E-state index is -0.0220. The number of nitrogens with zero attached hydrogens (tertiary/aromatic N) is 2. The zero-order valence-corrected chi connectivity index (χ0v) is 21.1. The van der Waals surface area contributed by atoms with E-state index in [0.717, 1.165) is 22.6 Å². The minimum Gasteiger partial charge on any atom is -0.489 e. The van der Waals surface area contributed by atoms with E-state index in [1.807, 2.05) is 48.5 Å². The van der Waals surface area contributed by atoms with Gasteiger partial charge in [-0.05, 0) is 78.2 Å². The van der Waals surface area contributed by atoms with Gasteiger partial charge in [0.1, 0.15) is 12.4 Å².